The fraction of sp³-hybridized carbons (Fsp3) is 0.800. The van der Waals surface area contributed by atoms with Crippen molar-refractivity contribution in [1.82, 2.24) is 15.5 Å². The van der Waals surface area contributed by atoms with E-state index in [2.05, 4.69) is 15.4 Å². The molecule has 8 nitrogen and oxygen atoms in total. The molecule has 1 saturated carbocycles. The maximum absolute atomic E-state index is 13.4. The van der Waals surface area contributed by atoms with E-state index in [0.29, 0.717) is 25.8 Å². The Hall–Kier alpha value is -1.78. The van der Waals surface area contributed by atoms with Crippen LogP contribution in [0.25, 0.3) is 0 Å². The van der Waals surface area contributed by atoms with Gasteiger partial charge in [0.2, 0.25) is 17.7 Å². The van der Waals surface area contributed by atoms with Gasteiger partial charge in [0.15, 0.2) is 5.78 Å². The summed E-state index contributed by atoms with van der Waals surface area (Å²) in [7, 11) is 34.3. The molecule has 37 heavy (non-hydrogen) atoms. The third-order valence-corrected chi connectivity index (χ3v) is 7.06. The topological polar surface area (TPSA) is 105 Å². The third kappa shape index (κ3) is 7.41. The molecule has 2 saturated heterocycles. The number of hydrogen-bond acceptors (Lipinski definition) is 5. The molecule has 0 aromatic heterocycles. The Kier molecular flexibility index (Phi) is 8.38. The first-order valence-corrected chi connectivity index (χ1v) is 11.7. The Morgan fingerprint density at radius 3 is 2.16 bits per heavy atom. The Labute approximate surface area is 221 Å². The Balaban J connectivity index is 1.82. The molecular formula is C20H22B6F3N3O5. The number of nitrogens with one attached hydrogen (secondary N) is 2. The van der Waals surface area contributed by atoms with E-state index in [9.17, 15) is 32.3 Å². The minimum absolute atomic E-state index is 0.105. The molecule has 2 aliphatic heterocycles. The first-order valence-electron chi connectivity index (χ1n) is 11.7. The summed E-state index contributed by atoms with van der Waals surface area (Å²) in [4.78, 5) is 52.5. The molecule has 1 spiro atoms. The number of alkyl halides is 3. The summed E-state index contributed by atoms with van der Waals surface area (Å²) in [6, 6.07) is -2.65. The summed E-state index contributed by atoms with van der Waals surface area (Å²) < 4.78 is 41.2. The number of carbonyl (C=O) groups excluding carboxylic acids is 4. The van der Waals surface area contributed by atoms with Crippen molar-refractivity contribution in [2.45, 2.75) is 60.8 Å². The summed E-state index contributed by atoms with van der Waals surface area (Å²) in [5, 5.41) is 0.472. The summed E-state index contributed by atoms with van der Waals surface area (Å²) in [6.07, 6.45) is -3.40. The van der Waals surface area contributed by atoms with Gasteiger partial charge in [-0.1, -0.05) is 0 Å². The van der Waals surface area contributed by atoms with E-state index in [0.717, 1.165) is 4.90 Å². The maximum Gasteiger partial charge on any atom is 0.522 e. The number of amides is 3. The van der Waals surface area contributed by atoms with E-state index < -0.39 is 70.6 Å². The van der Waals surface area contributed by atoms with Crippen LogP contribution >= 0.6 is 0 Å². The van der Waals surface area contributed by atoms with Crippen LogP contribution in [0, 0.1) is 17.3 Å². The van der Waals surface area contributed by atoms with E-state index in [1.807, 2.05) is 0 Å². The van der Waals surface area contributed by atoms with Gasteiger partial charge in [0.1, 0.15) is 12.6 Å². The van der Waals surface area contributed by atoms with E-state index in [-0.39, 0.29) is 24.8 Å². The fourth-order valence-electron chi connectivity index (χ4n) is 5.03. The molecule has 3 rings (SSSR count). The van der Waals surface area contributed by atoms with Crippen molar-refractivity contribution in [2.24, 2.45) is 17.3 Å². The molecule has 12 radical (unpaired) electrons. The number of ketones is 1. The van der Waals surface area contributed by atoms with E-state index in [1.54, 1.807) is 0 Å². The van der Waals surface area contributed by atoms with Gasteiger partial charge in [0.05, 0.1) is 53.1 Å². The van der Waals surface area contributed by atoms with Gasteiger partial charge in [-0.25, -0.2) is 0 Å². The van der Waals surface area contributed by atoms with Crippen LogP contribution in [0.15, 0.2) is 0 Å². The van der Waals surface area contributed by atoms with Crippen molar-refractivity contribution in [2.75, 3.05) is 19.7 Å². The highest BCUT2D eigenvalue weighted by atomic mass is 19.4. The molecule has 186 valence electrons. The van der Waals surface area contributed by atoms with Gasteiger partial charge < -0.3 is 15.5 Å². The standard InChI is InChI=1S/C20H22B6F3N3O5/c21-18(22,23)13(19(24,25)26)16(36)32-8-17(2-3-17)6-11(32)15(35)31-10(5-9-1-4-30-14(9)34)12(33)7-37-20(27,28)29/h9-11,13H,1-8H2,(H,30,34)(H,31,35)/t9-,10-,11-/m0/s1. The molecule has 0 aromatic rings. The SMILES string of the molecule is [B]C([B])([B])C(C(=O)N1CC2(CC2)C[C@H]1C(=O)N[C@@H](C[C@@H]1CCNC1=O)C(=O)COC(F)(F)F)C([B])([B])[B]. The summed E-state index contributed by atoms with van der Waals surface area (Å²) in [6.45, 7) is -0.939. The highest BCUT2D eigenvalue weighted by Gasteiger charge is 2.57. The number of rotatable bonds is 10. The van der Waals surface area contributed by atoms with Crippen molar-refractivity contribution in [1.29, 1.82) is 0 Å². The molecule has 3 aliphatic rings. The third-order valence-electron chi connectivity index (χ3n) is 7.06. The number of hydrogen-bond donors (Lipinski definition) is 2. The molecule has 0 aromatic carbocycles. The van der Waals surface area contributed by atoms with Crippen LogP contribution in [0.1, 0.15) is 32.1 Å². The van der Waals surface area contributed by atoms with Crippen LogP contribution in [0.2, 0.25) is 10.2 Å². The molecule has 3 fully saturated rings. The maximum atomic E-state index is 13.4. The molecule has 2 heterocycles. The van der Waals surface area contributed by atoms with Crippen molar-refractivity contribution in [3.8, 4) is 0 Å². The molecular weight excluding hydrogens is 484 g/mol. The molecule has 0 bridgehead atoms. The molecule has 1 aliphatic carbocycles. The highest BCUT2D eigenvalue weighted by Crippen LogP contribution is 2.56. The monoisotopic (exact) mass is 507 g/mol. The number of carbonyl (C=O) groups is 4. The normalized spacial score (nSPS) is 24.2. The van der Waals surface area contributed by atoms with Crippen molar-refractivity contribution < 1.29 is 37.1 Å². The Morgan fingerprint density at radius 1 is 1.11 bits per heavy atom. The van der Waals surface area contributed by atoms with Crippen LogP contribution in [0.5, 0.6) is 0 Å². The predicted octanol–water partition coefficient (Wildman–Crippen LogP) is -1.74. The molecule has 3 amide bonds. The van der Waals surface area contributed by atoms with Gasteiger partial charge in [0, 0.05) is 24.9 Å². The number of halogens is 3. The van der Waals surface area contributed by atoms with Gasteiger partial charge in [-0.05, 0) is 37.5 Å². The average Bonchev–Trinajstić information content (AvgIpc) is 3.18. The average molecular weight is 506 g/mol. The summed E-state index contributed by atoms with van der Waals surface area (Å²) in [5.41, 5.74) is -0.382. The molecule has 2 N–H and O–H groups in total. The first kappa shape index (κ1) is 29.8. The van der Waals surface area contributed by atoms with Crippen LogP contribution in [0.4, 0.5) is 13.2 Å². The lowest BCUT2D eigenvalue weighted by Gasteiger charge is -2.44. The Morgan fingerprint density at radius 2 is 1.70 bits per heavy atom. The lowest BCUT2D eigenvalue weighted by molar-refractivity contribution is -0.321. The highest BCUT2D eigenvalue weighted by molar-refractivity contribution is 6.65. The van der Waals surface area contributed by atoms with Gasteiger partial charge in [-0.15, -0.1) is 23.4 Å². The zero-order chi connectivity index (χ0) is 28.0. The Bertz CT molecular complexity index is 924. The zero-order valence-corrected chi connectivity index (χ0v) is 20.1. The number of Topliss-reactive ketones (excluding diaryl/α,β-unsaturated/α-hetero) is 1. The molecule has 17 heteroatoms. The van der Waals surface area contributed by atoms with Gasteiger partial charge in [0.25, 0.3) is 0 Å². The van der Waals surface area contributed by atoms with Crippen molar-refractivity contribution >= 4 is 70.6 Å². The van der Waals surface area contributed by atoms with Gasteiger partial charge in [-0.2, -0.15) is 0 Å². The quantitative estimate of drug-likeness (QED) is 0.343. The number of nitrogens with zero attached hydrogens (tertiary/aromatic N) is 1. The fourth-order valence-corrected chi connectivity index (χ4v) is 5.03. The number of ether oxygens (including phenoxy) is 1. The lowest BCUT2D eigenvalue weighted by atomic mass is 9.25. The zero-order valence-electron chi connectivity index (χ0n) is 20.1. The van der Waals surface area contributed by atoms with Crippen molar-refractivity contribution in [3.05, 3.63) is 0 Å². The van der Waals surface area contributed by atoms with E-state index in [1.165, 1.54) is 0 Å². The largest absolute Gasteiger partial charge is 0.522 e. The van der Waals surface area contributed by atoms with Gasteiger partial charge in [-0.3, -0.25) is 23.9 Å². The van der Waals surface area contributed by atoms with E-state index >= 15 is 0 Å². The summed E-state index contributed by atoms with van der Waals surface area (Å²) >= 11 is 0. The first-order chi connectivity index (χ1) is 16.8. The van der Waals surface area contributed by atoms with E-state index in [4.69, 9.17) is 47.1 Å². The van der Waals surface area contributed by atoms with Crippen LogP contribution in [-0.2, 0) is 23.9 Å². The van der Waals surface area contributed by atoms with Crippen LogP contribution < -0.4 is 10.6 Å². The van der Waals surface area contributed by atoms with Crippen LogP contribution in [0.3, 0.4) is 0 Å². The van der Waals surface area contributed by atoms with Gasteiger partial charge >= 0.3 is 6.36 Å². The number of likely N-dealkylation sites (tertiary alicyclic amines) is 1. The van der Waals surface area contributed by atoms with Crippen LogP contribution in [-0.4, -0.2) is 114 Å². The lowest BCUT2D eigenvalue weighted by Crippen LogP contribution is -2.55. The molecule has 0 unspecified atom stereocenters. The predicted molar refractivity (Wildman–Crippen MR) is 130 cm³/mol. The summed E-state index contributed by atoms with van der Waals surface area (Å²) in [5.74, 6) is -5.62. The smallest absolute Gasteiger partial charge is 0.356 e. The second-order valence-corrected chi connectivity index (χ2v) is 10.4. The molecule has 3 atom stereocenters. The van der Waals surface area contributed by atoms with Crippen molar-refractivity contribution in [3.63, 3.8) is 0 Å². The minimum Gasteiger partial charge on any atom is -0.356 e. The second kappa shape index (κ2) is 10.4. The second-order valence-electron chi connectivity index (χ2n) is 10.4. The minimum atomic E-state index is -5.07.